The van der Waals surface area contributed by atoms with E-state index in [-0.39, 0.29) is 12.9 Å². The lowest BCUT2D eigenvalue weighted by molar-refractivity contribution is 0.154. The van der Waals surface area contributed by atoms with Gasteiger partial charge in [0.05, 0.1) is 17.2 Å². The number of nitriles is 1. The summed E-state index contributed by atoms with van der Waals surface area (Å²) in [6.45, 7) is 1.52. The molecule has 112 valence electrons. The van der Waals surface area contributed by atoms with Crippen LogP contribution in [0.4, 0.5) is 5.82 Å². The molecule has 6 nitrogen and oxygen atoms in total. The van der Waals surface area contributed by atoms with Crippen molar-refractivity contribution >= 4 is 16.7 Å². The molecule has 3 heterocycles. The van der Waals surface area contributed by atoms with E-state index < -0.39 is 0 Å². The molecule has 0 amide bonds. The Morgan fingerprint density at radius 2 is 2.09 bits per heavy atom. The second-order valence-electron chi connectivity index (χ2n) is 5.61. The second-order valence-corrected chi connectivity index (χ2v) is 5.61. The van der Waals surface area contributed by atoms with Crippen LogP contribution in [-0.4, -0.2) is 36.1 Å². The summed E-state index contributed by atoms with van der Waals surface area (Å²) in [6, 6.07) is 7.71. The van der Waals surface area contributed by atoms with Crippen molar-refractivity contribution in [1.82, 2.24) is 4.98 Å². The van der Waals surface area contributed by atoms with Crippen LogP contribution in [0.15, 0.2) is 18.2 Å². The highest BCUT2D eigenvalue weighted by Gasteiger charge is 2.23. The van der Waals surface area contributed by atoms with Crippen LogP contribution in [0.25, 0.3) is 10.9 Å². The SMILES string of the molecule is N#Cc1cc2cc3c(cc2nc1N1CCC[C@@H](O)C1)OCO3. The number of aliphatic hydroxyl groups excluding tert-OH is 1. The van der Waals surface area contributed by atoms with Crippen LogP contribution in [0, 0.1) is 11.3 Å². The maximum absolute atomic E-state index is 9.86. The Morgan fingerprint density at radius 1 is 1.27 bits per heavy atom. The number of aromatic nitrogens is 1. The molecule has 1 aromatic carbocycles. The summed E-state index contributed by atoms with van der Waals surface area (Å²) in [6.07, 6.45) is 1.33. The topological polar surface area (TPSA) is 78.6 Å². The van der Waals surface area contributed by atoms with E-state index in [2.05, 4.69) is 11.1 Å². The number of pyridine rings is 1. The second kappa shape index (κ2) is 5.04. The Kier molecular flexibility index (Phi) is 3.01. The number of nitrogens with zero attached hydrogens (tertiary/aromatic N) is 3. The largest absolute Gasteiger partial charge is 0.454 e. The van der Waals surface area contributed by atoms with E-state index in [0.717, 1.165) is 30.3 Å². The van der Waals surface area contributed by atoms with Gasteiger partial charge in [-0.2, -0.15) is 5.26 Å². The highest BCUT2D eigenvalue weighted by molar-refractivity contribution is 5.86. The molecule has 0 unspecified atom stereocenters. The van der Waals surface area contributed by atoms with Crippen molar-refractivity contribution in [1.29, 1.82) is 5.26 Å². The minimum absolute atomic E-state index is 0.210. The average molecular weight is 297 g/mol. The Balaban J connectivity index is 1.83. The first-order chi connectivity index (χ1) is 10.7. The number of rotatable bonds is 1. The zero-order chi connectivity index (χ0) is 15.1. The van der Waals surface area contributed by atoms with E-state index in [1.54, 1.807) is 0 Å². The van der Waals surface area contributed by atoms with Crippen LogP contribution in [0.5, 0.6) is 11.5 Å². The summed E-state index contributed by atoms with van der Waals surface area (Å²) in [4.78, 5) is 6.62. The number of anilines is 1. The molecule has 4 rings (SSSR count). The van der Waals surface area contributed by atoms with Gasteiger partial charge in [0.15, 0.2) is 11.5 Å². The Hall–Kier alpha value is -2.52. The fraction of sp³-hybridized carbons (Fsp3) is 0.375. The number of hydrogen-bond acceptors (Lipinski definition) is 6. The smallest absolute Gasteiger partial charge is 0.231 e. The molecular weight excluding hydrogens is 282 g/mol. The van der Waals surface area contributed by atoms with Crippen LogP contribution < -0.4 is 14.4 Å². The molecule has 0 bridgehead atoms. The lowest BCUT2D eigenvalue weighted by Crippen LogP contribution is -2.39. The Labute approximate surface area is 127 Å². The van der Waals surface area contributed by atoms with Crippen molar-refractivity contribution in [3.8, 4) is 17.6 Å². The van der Waals surface area contributed by atoms with Crippen LogP contribution in [0.2, 0.25) is 0 Å². The van der Waals surface area contributed by atoms with E-state index in [0.29, 0.717) is 29.4 Å². The molecule has 2 aliphatic heterocycles. The number of hydrogen-bond donors (Lipinski definition) is 1. The number of fused-ring (bicyclic) bond motifs is 2. The van der Waals surface area contributed by atoms with Crippen molar-refractivity contribution in [2.45, 2.75) is 18.9 Å². The lowest BCUT2D eigenvalue weighted by Gasteiger charge is -2.31. The molecule has 22 heavy (non-hydrogen) atoms. The summed E-state index contributed by atoms with van der Waals surface area (Å²) >= 11 is 0. The predicted octanol–water partition coefficient (Wildman–Crippen LogP) is 1.80. The first-order valence-electron chi connectivity index (χ1n) is 7.32. The molecule has 2 aliphatic rings. The van der Waals surface area contributed by atoms with E-state index in [9.17, 15) is 10.4 Å². The molecule has 0 radical (unpaired) electrons. The van der Waals surface area contributed by atoms with E-state index >= 15 is 0 Å². The van der Waals surface area contributed by atoms with Gasteiger partial charge in [-0.3, -0.25) is 0 Å². The maximum atomic E-state index is 9.86. The molecule has 2 aromatic rings. The molecule has 1 N–H and O–H groups in total. The van der Waals surface area contributed by atoms with Gasteiger partial charge in [0.2, 0.25) is 6.79 Å². The zero-order valence-electron chi connectivity index (χ0n) is 12.0. The normalized spacial score (nSPS) is 20.2. The summed E-state index contributed by atoms with van der Waals surface area (Å²) < 4.78 is 10.7. The number of ether oxygens (including phenoxy) is 2. The molecule has 0 aliphatic carbocycles. The van der Waals surface area contributed by atoms with E-state index in [1.807, 2.05) is 23.1 Å². The quantitative estimate of drug-likeness (QED) is 0.864. The lowest BCUT2D eigenvalue weighted by atomic mass is 10.1. The van der Waals surface area contributed by atoms with Crippen LogP contribution in [0.3, 0.4) is 0 Å². The van der Waals surface area contributed by atoms with Gasteiger partial charge in [-0.15, -0.1) is 0 Å². The van der Waals surface area contributed by atoms with E-state index in [4.69, 9.17) is 9.47 Å². The van der Waals surface area contributed by atoms with Gasteiger partial charge >= 0.3 is 0 Å². The van der Waals surface area contributed by atoms with Crippen LogP contribution in [0.1, 0.15) is 18.4 Å². The molecule has 1 saturated heterocycles. The molecular formula is C16H15N3O3. The van der Waals surface area contributed by atoms with Gasteiger partial charge in [0.25, 0.3) is 0 Å². The number of β-amino-alcohol motifs (C(OH)–C–C–N with tert-alkyl or cyclic N) is 1. The number of piperidine rings is 1. The van der Waals surface area contributed by atoms with Crippen LogP contribution >= 0.6 is 0 Å². The number of benzene rings is 1. The fourth-order valence-electron chi connectivity index (χ4n) is 3.02. The molecule has 0 spiro atoms. The minimum atomic E-state index is -0.366. The Morgan fingerprint density at radius 3 is 2.86 bits per heavy atom. The summed E-state index contributed by atoms with van der Waals surface area (Å²) in [5, 5.41) is 20.1. The van der Waals surface area contributed by atoms with Gasteiger partial charge in [0, 0.05) is 24.5 Å². The molecule has 1 aromatic heterocycles. The van der Waals surface area contributed by atoms with Gasteiger partial charge in [-0.25, -0.2) is 4.98 Å². The van der Waals surface area contributed by atoms with Crippen molar-refractivity contribution in [3.05, 3.63) is 23.8 Å². The first kappa shape index (κ1) is 13.2. The van der Waals surface area contributed by atoms with Crippen molar-refractivity contribution in [3.63, 3.8) is 0 Å². The highest BCUT2D eigenvalue weighted by Crippen LogP contribution is 2.37. The molecule has 1 atom stereocenters. The van der Waals surface area contributed by atoms with Gasteiger partial charge < -0.3 is 19.5 Å². The van der Waals surface area contributed by atoms with Crippen LogP contribution in [-0.2, 0) is 0 Å². The third-order valence-electron chi connectivity index (χ3n) is 4.11. The summed E-state index contributed by atoms with van der Waals surface area (Å²) in [5.74, 6) is 1.99. The number of aliphatic hydroxyl groups is 1. The third kappa shape index (κ3) is 2.11. The predicted molar refractivity (Wildman–Crippen MR) is 80.0 cm³/mol. The minimum Gasteiger partial charge on any atom is -0.454 e. The van der Waals surface area contributed by atoms with Gasteiger partial charge in [0.1, 0.15) is 11.9 Å². The highest BCUT2D eigenvalue weighted by atomic mass is 16.7. The third-order valence-corrected chi connectivity index (χ3v) is 4.11. The molecule has 0 saturated carbocycles. The van der Waals surface area contributed by atoms with Crippen molar-refractivity contribution in [2.75, 3.05) is 24.8 Å². The maximum Gasteiger partial charge on any atom is 0.231 e. The van der Waals surface area contributed by atoms with Crippen molar-refractivity contribution in [2.24, 2.45) is 0 Å². The van der Waals surface area contributed by atoms with Gasteiger partial charge in [-0.1, -0.05) is 0 Å². The van der Waals surface area contributed by atoms with E-state index in [1.165, 1.54) is 0 Å². The first-order valence-corrected chi connectivity index (χ1v) is 7.32. The standard InChI is InChI=1S/C16H15N3O3/c17-7-11-4-10-5-14-15(22-9-21-14)6-13(10)18-16(11)19-3-1-2-12(20)8-19/h4-6,12,20H,1-3,8-9H2/t12-/m1/s1. The summed E-state index contributed by atoms with van der Waals surface area (Å²) in [5.41, 5.74) is 1.28. The molecule has 6 heteroatoms. The zero-order valence-corrected chi connectivity index (χ0v) is 12.0. The fourth-order valence-corrected chi connectivity index (χ4v) is 3.02. The Bertz CT molecular complexity index is 784. The van der Waals surface area contributed by atoms with Crippen molar-refractivity contribution < 1.29 is 14.6 Å². The van der Waals surface area contributed by atoms with Gasteiger partial charge in [-0.05, 0) is 25.0 Å². The summed E-state index contributed by atoms with van der Waals surface area (Å²) in [7, 11) is 0. The average Bonchev–Trinajstić information content (AvgIpc) is 2.98. The monoisotopic (exact) mass is 297 g/mol. The molecule has 1 fully saturated rings.